The van der Waals surface area contributed by atoms with Crippen molar-refractivity contribution in [3.63, 3.8) is 0 Å². The van der Waals surface area contributed by atoms with Gasteiger partial charge in [0, 0.05) is 17.5 Å². The molecular weight excluding hydrogens is 262 g/mol. The number of aryl methyl sites for hydroxylation is 1. The SMILES string of the molecule is NC(c1ccc2c(c1)CCCO2)C1COc2ccccc21. The van der Waals surface area contributed by atoms with Crippen LogP contribution >= 0.6 is 0 Å². The third-order valence-electron chi connectivity index (χ3n) is 4.49. The summed E-state index contributed by atoms with van der Waals surface area (Å²) in [5.74, 6) is 2.21. The smallest absolute Gasteiger partial charge is 0.122 e. The van der Waals surface area contributed by atoms with Gasteiger partial charge in [-0.15, -0.1) is 0 Å². The summed E-state index contributed by atoms with van der Waals surface area (Å²) in [6.07, 6.45) is 2.16. The van der Waals surface area contributed by atoms with E-state index in [4.69, 9.17) is 15.2 Å². The third kappa shape index (κ3) is 2.18. The fourth-order valence-electron chi connectivity index (χ4n) is 3.30. The van der Waals surface area contributed by atoms with E-state index in [-0.39, 0.29) is 12.0 Å². The van der Waals surface area contributed by atoms with Gasteiger partial charge in [-0.25, -0.2) is 0 Å². The Morgan fingerprint density at radius 3 is 2.90 bits per heavy atom. The van der Waals surface area contributed by atoms with E-state index in [0.717, 1.165) is 30.9 Å². The molecule has 3 heteroatoms. The van der Waals surface area contributed by atoms with Crippen LogP contribution in [0.3, 0.4) is 0 Å². The van der Waals surface area contributed by atoms with Crippen LogP contribution in [0.5, 0.6) is 11.5 Å². The number of hydrogen-bond donors (Lipinski definition) is 1. The highest BCUT2D eigenvalue weighted by molar-refractivity contribution is 5.44. The molecular formula is C18H19NO2. The lowest BCUT2D eigenvalue weighted by Gasteiger charge is -2.22. The van der Waals surface area contributed by atoms with E-state index >= 15 is 0 Å². The quantitative estimate of drug-likeness (QED) is 0.919. The highest BCUT2D eigenvalue weighted by Crippen LogP contribution is 2.40. The predicted octanol–water partition coefficient (Wildman–Crippen LogP) is 3.19. The van der Waals surface area contributed by atoms with Crippen molar-refractivity contribution in [2.45, 2.75) is 24.8 Å². The monoisotopic (exact) mass is 281 g/mol. The van der Waals surface area contributed by atoms with Crippen LogP contribution in [0.4, 0.5) is 0 Å². The summed E-state index contributed by atoms with van der Waals surface area (Å²) in [6.45, 7) is 1.48. The predicted molar refractivity (Wildman–Crippen MR) is 81.9 cm³/mol. The van der Waals surface area contributed by atoms with E-state index in [2.05, 4.69) is 24.3 Å². The van der Waals surface area contributed by atoms with Crippen molar-refractivity contribution in [2.24, 2.45) is 5.73 Å². The van der Waals surface area contributed by atoms with Crippen LogP contribution in [-0.2, 0) is 6.42 Å². The summed E-state index contributed by atoms with van der Waals surface area (Å²) in [5.41, 5.74) is 10.2. The lowest BCUT2D eigenvalue weighted by Crippen LogP contribution is -2.21. The number of ether oxygens (including phenoxy) is 2. The van der Waals surface area contributed by atoms with Crippen molar-refractivity contribution in [3.05, 3.63) is 59.2 Å². The van der Waals surface area contributed by atoms with Crippen LogP contribution in [0.15, 0.2) is 42.5 Å². The molecule has 0 aliphatic carbocycles. The Labute approximate surface area is 124 Å². The van der Waals surface area contributed by atoms with Gasteiger partial charge < -0.3 is 15.2 Å². The van der Waals surface area contributed by atoms with E-state index in [9.17, 15) is 0 Å². The zero-order valence-electron chi connectivity index (χ0n) is 11.9. The molecule has 2 aromatic carbocycles. The minimum absolute atomic E-state index is 0.0409. The number of fused-ring (bicyclic) bond motifs is 2. The maximum atomic E-state index is 6.53. The van der Waals surface area contributed by atoms with Crippen molar-refractivity contribution in [1.82, 2.24) is 0 Å². The summed E-state index contributed by atoms with van der Waals surface area (Å²) in [5, 5.41) is 0. The first-order chi connectivity index (χ1) is 10.3. The van der Waals surface area contributed by atoms with Crippen molar-refractivity contribution < 1.29 is 9.47 Å². The van der Waals surface area contributed by atoms with Crippen LogP contribution in [0, 0.1) is 0 Å². The highest BCUT2D eigenvalue weighted by atomic mass is 16.5. The summed E-state index contributed by atoms with van der Waals surface area (Å²) in [4.78, 5) is 0. The molecule has 3 nitrogen and oxygen atoms in total. The van der Waals surface area contributed by atoms with Gasteiger partial charge in [0.05, 0.1) is 13.2 Å². The van der Waals surface area contributed by atoms with Crippen molar-refractivity contribution in [3.8, 4) is 11.5 Å². The van der Waals surface area contributed by atoms with Gasteiger partial charge in [0.2, 0.25) is 0 Å². The first-order valence-electron chi connectivity index (χ1n) is 7.56. The van der Waals surface area contributed by atoms with Gasteiger partial charge in [0.15, 0.2) is 0 Å². The van der Waals surface area contributed by atoms with Gasteiger partial charge >= 0.3 is 0 Å². The maximum absolute atomic E-state index is 6.53. The molecule has 2 aliphatic rings. The third-order valence-corrected chi connectivity index (χ3v) is 4.49. The van der Waals surface area contributed by atoms with Crippen LogP contribution in [0.1, 0.15) is 35.1 Å². The average molecular weight is 281 g/mol. The average Bonchev–Trinajstić information content (AvgIpc) is 2.98. The lowest BCUT2D eigenvalue weighted by atomic mass is 9.88. The Kier molecular flexibility index (Phi) is 3.08. The Balaban J connectivity index is 1.65. The molecule has 2 heterocycles. The number of para-hydroxylation sites is 1. The standard InChI is InChI=1S/C18H19NO2/c19-18(15-11-21-17-6-2-1-5-14(15)17)13-7-8-16-12(10-13)4-3-9-20-16/h1-2,5-8,10,15,18H,3-4,9,11,19H2. The molecule has 2 atom stereocenters. The van der Waals surface area contributed by atoms with Crippen LogP contribution in [-0.4, -0.2) is 13.2 Å². The summed E-state index contributed by atoms with van der Waals surface area (Å²) in [6, 6.07) is 14.5. The van der Waals surface area contributed by atoms with E-state index in [1.807, 2.05) is 18.2 Å². The number of hydrogen-bond acceptors (Lipinski definition) is 3. The minimum Gasteiger partial charge on any atom is -0.493 e. The Morgan fingerprint density at radius 2 is 1.95 bits per heavy atom. The van der Waals surface area contributed by atoms with E-state index in [1.54, 1.807) is 0 Å². The van der Waals surface area contributed by atoms with Crippen LogP contribution in [0.25, 0.3) is 0 Å². The summed E-state index contributed by atoms with van der Waals surface area (Å²) >= 11 is 0. The van der Waals surface area contributed by atoms with Crippen molar-refractivity contribution >= 4 is 0 Å². The first kappa shape index (κ1) is 12.7. The van der Waals surface area contributed by atoms with Crippen LogP contribution < -0.4 is 15.2 Å². The molecule has 2 unspecified atom stereocenters. The number of nitrogens with two attached hydrogens (primary N) is 1. The molecule has 2 aromatic rings. The van der Waals surface area contributed by atoms with E-state index < -0.39 is 0 Å². The van der Waals surface area contributed by atoms with Crippen LogP contribution in [0.2, 0.25) is 0 Å². The maximum Gasteiger partial charge on any atom is 0.122 e. The number of rotatable bonds is 2. The molecule has 0 saturated carbocycles. The van der Waals surface area contributed by atoms with Gasteiger partial charge in [-0.05, 0) is 36.1 Å². The molecule has 0 aromatic heterocycles. The van der Waals surface area contributed by atoms with Crippen molar-refractivity contribution in [1.29, 1.82) is 0 Å². The van der Waals surface area contributed by atoms with E-state index in [1.165, 1.54) is 16.7 Å². The fraction of sp³-hybridized carbons (Fsp3) is 0.333. The molecule has 0 spiro atoms. The molecule has 21 heavy (non-hydrogen) atoms. The second kappa shape index (κ2) is 5.08. The van der Waals surface area contributed by atoms with Gasteiger partial charge in [-0.3, -0.25) is 0 Å². The molecule has 2 aliphatic heterocycles. The Morgan fingerprint density at radius 1 is 1.05 bits per heavy atom. The largest absolute Gasteiger partial charge is 0.493 e. The highest BCUT2D eigenvalue weighted by Gasteiger charge is 2.30. The number of benzene rings is 2. The van der Waals surface area contributed by atoms with E-state index in [0.29, 0.717) is 6.61 Å². The first-order valence-corrected chi connectivity index (χ1v) is 7.56. The minimum atomic E-state index is -0.0409. The second-order valence-electron chi connectivity index (χ2n) is 5.80. The molecule has 4 rings (SSSR count). The van der Waals surface area contributed by atoms with Gasteiger partial charge in [0.1, 0.15) is 11.5 Å². The zero-order chi connectivity index (χ0) is 14.2. The molecule has 2 N–H and O–H groups in total. The van der Waals surface area contributed by atoms with Gasteiger partial charge in [-0.2, -0.15) is 0 Å². The topological polar surface area (TPSA) is 44.5 Å². The molecule has 0 bridgehead atoms. The zero-order valence-corrected chi connectivity index (χ0v) is 11.9. The van der Waals surface area contributed by atoms with Crippen molar-refractivity contribution in [2.75, 3.05) is 13.2 Å². The molecule has 0 saturated heterocycles. The lowest BCUT2D eigenvalue weighted by molar-refractivity contribution is 0.287. The van der Waals surface area contributed by atoms with Gasteiger partial charge in [-0.1, -0.05) is 30.3 Å². The Hall–Kier alpha value is -2.00. The molecule has 0 amide bonds. The molecule has 108 valence electrons. The summed E-state index contributed by atoms with van der Waals surface area (Å²) < 4.78 is 11.4. The molecule has 0 fully saturated rings. The van der Waals surface area contributed by atoms with Gasteiger partial charge in [0.25, 0.3) is 0 Å². The normalized spacial score (nSPS) is 20.9. The fourth-order valence-corrected chi connectivity index (χ4v) is 3.30. The second-order valence-corrected chi connectivity index (χ2v) is 5.80. The summed E-state index contributed by atoms with van der Waals surface area (Å²) in [7, 11) is 0. The Bertz CT molecular complexity index is 668. The molecule has 0 radical (unpaired) electrons.